The van der Waals surface area contributed by atoms with E-state index in [4.69, 9.17) is 5.11 Å². The number of carbonyl (C=O) groups excluding carboxylic acids is 1. The fourth-order valence-corrected chi connectivity index (χ4v) is 1.01. The van der Waals surface area contributed by atoms with Gasteiger partial charge >= 0.3 is 0 Å². The summed E-state index contributed by atoms with van der Waals surface area (Å²) in [5, 5.41) is 8.85. The number of hydrogen-bond acceptors (Lipinski definition) is 2. The molecule has 0 saturated heterocycles. The van der Waals surface area contributed by atoms with Crippen molar-refractivity contribution >= 4 is 6.29 Å². The van der Waals surface area contributed by atoms with Crippen molar-refractivity contribution in [3.05, 3.63) is 35.4 Å². The highest BCUT2D eigenvalue weighted by atomic mass is 16.3. The summed E-state index contributed by atoms with van der Waals surface area (Å²) in [6, 6.07) is 7.25. The molecular weight excluding hydrogens is 152 g/mol. The molecule has 0 fully saturated rings. The summed E-state index contributed by atoms with van der Waals surface area (Å²) in [6.07, 6.45) is 0.813. The number of rotatable bonds is 3. The Balaban J connectivity index is 2.84. The van der Waals surface area contributed by atoms with E-state index in [0.717, 1.165) is 11.8 Å². The molecule has 0 amide bonds. The Kier molecular flexibility index (Phi) is 3.00. The number of aliphatic hydroxyl groups is 1. The Morgan fingerprint density at radius 1 is 1.42 bits per heavy atom. The fourth-order valence-electron chi connectivity index (χ4n) is 1.01. The third-order valence-corrected chi connectivity index (χ3v) is 1.92. The molecular formula is C10H12O2. The molecule has 2 nitrogen and oxygen atoms in total. The van der Waals surface area contributed by atoms with Crippen molar-refractivity contribution < 1.29 is 9.90 Å². The zero-order chi connectivity index (χ0) is 8.97. The molecule has 0 aliphatic heterocycles. The van der Waals surface area contributed by atoms with Gasteiger partial charge in [-0.05, 0) is 5.56 Å². The largest absolute Gasteiger partial charge is 0.396 e. The first-order valence-corrected chi connectivity index (χ1v) is 3.94. The van der Waals surface area contributed by atoms with Crippen LogP contribution in [0.25, 0.3) is 0 Å². The summed E-state index contributed by atoms with van der Waals surface area (Å²) in [4.78, 5) is 10.3. The van der Waals surface area contributed by atoms with Crippen LogP contribution in [0.1, 0.15) is 28.8 Å². The van der Waals surface area contributed by atoms with Crippen LogP contribution in [0, 0.1) is 0 Å². The maximum Gasteiger partial charge on any atom is 0.150 e. The molecule has 1 rings (SSSR count). The minimum atomic E-state index is 0.139. The van der Waals surface area contributed by atoms with E-state index in [1.54, 1.807) is 12.1 Å². The van der Waals surface area contributed by atoms with Crippen molar-refractivity contribution in [1.29, 1.82) is 0 Å². The van der Waals surface area contributed by atoms with Gasteiger partial charge < -0.3 is 5.11 Å². The molecule has 0 bridgehead atoms. The second kappa shape index (κ2) is 4.02. The van der Waals surface area contributed by atoms with Gasteiger partial charge in [-0.25, -0.2) is 0 Å². The first-order chi connectivity index (χ1) is 5.77. The van der Waals surface area contributed by atoms with Crippen LogP contribution in [0.4, 0.5) is 0 Å². The molecule has 1 atom stereocenters. The first kappa shape index (κ1) is 8.94. The standard InChI is InChI=1S/C10H12O2/c1-8(6-11)10-4-2-9(7-12)3-5-10/h2-5,7-8,11H,6H2,1H3. The van der Waals surface area contributed by atoms with Crippen molar-refractivity contribution in [2.75, 3.05) is 6.61 Å². The molecule has 1 N–H and O–H groups in total. The molecule has 1 aromatic carbocycles. The summed E-state index contributed by atoms with van der Waals surface area (Å²) >= 11 is 0. The Morgan fingerprint density at radius 3 is 2.42 bits per heavy atom. The van der Waals surface area contributed by atoms with Crippen LogP contribution in [0.15, 0.2) is 24.3 Å². The van der Waals surface area contributed by atoms with Gasteiger partial charge in [0.05, 0.1) is 0 Å². The lowest BCUT2D eigenvalue weighted by molar-refractivity contribution is 0.112. The van der Waals surface area contributed by atoms with E-state index in [1.807, 2.05) is 19.1 Å². The number of carbonyl (C=O) groups is 1. The van der Waals surface area contributed by atoms with Gasteiger partial charge in [0.15, 0.2) is 0 Å². The third-order valence-electron chi connectivity index (χ3n) is 1.92. The van der Waals surface area contributed by atoms with Gasteiger partial charge in [0.25, 0.3) is 0 Å². The van der Waals surface area contributed by atoms with Crippen LogP contribution in [-0.2, 0) is 0 Å². The summed E-state index contributed by atoms with van der Waals surface area (Å²) in [5.74, 6) is 0.144. The van der Waals surface area contributed by atoms with Crippen molar-refractivity contribution in [2.24, 2.45) is 0 Å². The predicted molar refractivity (Wildman–Crippen MR) is 47.3 cm³/mol. The average molecular weight is 164 g/mol. The number of hydrogen-bond donors (Lipinski definition) is 1. The Bertz CT molecular complexity index is 251. The highest BCUT2D eigenvalue weighted by molar-refractivity contribution is 5.74. The molecule has 0 spiro atoms. The molecule has 2 heteroatoms. The SMILES string of the molecule is CC(CO)c1ccc(C=O)cc1. The second-order valence-corrected chi connectivity index (χ2v) is 2.87. The summed E-state index contributed by atoms with van der Waals surface area (Å²) < 4.78 is 0. The minimum absolute atomic E-state index is 0.139. The lowest BCUT2D eigenvalue weighted by Crippen LogP contribution is -1.98. The van der Waals surface area contributed by atoms with Crippen molar-refractivity contribution in [1.82, 2.24) is 0 Å². The monoisotopic (exact) mass is 164 g/mol. The van der Waals surface area contributed by atoms with Crippen LogP contribution in [0.5, 0.6) is 0 Å². The maximum atomic E-state index is 10.3. The summed E-state index contributed by atoms with van der Waals surface area (Å²) in [6.45, 7) is 2.08. The molecule has 1 unspecified atom stereocenters. The van der Waals surface area contributed by atoms with Gasteiger partial charge in [0.2, 0.25) is 0 Å². The number of aldehydes is 1. The molecule has 0 aromatic heterocycles. The highest BCUT2D eigenvalue weighted by Gasteiger charge is 2.02. The smallest absolute Gasteiger partial charge is 0.150 e. The first-order valence-electron chi connectivity index (χ1n) is 3.94. The van der Waals surface area contributed by atoms with E-state index in [1.165, 1.54) is 0 Å². The van der Waals surface area contributed by atoms with Crippen LogP contribution in [0.3, 0.4) is 0 Å². The van der Waals surface area contributed by atoms with Crippen molar-refractivity contribution in [2.45, 2.75) is 12.8 Å². The van der Waals surface area contributed by atoms with E-state index < -0.39 is 0 Å². The molecule has 0 aliphatic rings. The lowest BCUT2D eigenvalue weighted by Gasteiger charge is -2.07. The zero-order valence-electron chi connectivity index (χ0n) is 7.03. The molecule has 1 aromatic rings. The Labute approximate surface area is 71.8 Å². The molecule has 0 heterocycles. The van der Waals surface area contributed by atoms with Crippen LogP contribution >= 0.6 is 0 Å². The molecule has 0 saturated carbocycles. The van der Waals surface area contributed by atoms with E-state index in [9.17, 15) is 4.79 Å². The van der Waals surface area contributed by atoms with Gasteiger partial charge in [-0.3, -0.25) is 4.79 Å². The second-order valence-electron chi connectivity index (χ2n) is 2.87. The third kappa shape index (κ3) is 1.92. The summed E-state index contributed by atoms with van der Waals surface area (Å²) in [7, 11) is 0. The van der Waals surface area contributed by atoms with Gasteiger partial charge in [-0.1, -0.05) is 31.2 Å². The van der Waals surface area contributed by atoms with Crippen molar-refractivity contribution in [3.8, 4) is 0 Å². The minimum Gasteiger partial charge on any atom is -0.396 e. The normalized spacial score (nSPS) is 12.5. The quantitative estimate of drug-likeness (QED) is 0.689. The van der Waals surface area contributed by atoms with Crippen LogP contribution < -0.4 is 0 Å². The summed E-state index contributed by atoms with van der Waals surface area (Å²) in [5.41, 5.74) is 1.73. The maximum absolute atomic E-state index is 10.3. The lowest BCUT2D eigenvalue weighted by atomic mass is 10.0. The van der Waals surface area contributed by atoms with Crippen molar-refractivity contribution in [3.63, 3.8) is 0 Å². The van der Waals surface area contributed by atoms with Crippen LogP contribution in [-0.4, -0.2) is 18.0 Å². The van der Waals surface area contributed by atoms with Crippen LogP contribution in [0.2, 0.25) is 0 Å². The van der Waals surface area contributed by atoms with E-state index in [0.29, 0.717) is 5.56 Å². The van der Waals surface area contributed by atoms with Gasteiger partial charge in [-0.2, -0.15) is 0 Å². The number of benzene rings is 1. The molecule has 64 valence electrons. The zero-order valence-corrected chi connectivity index (χ0v) is 7.03. The topological polar surface area (TPSA) is 37.3 Å². The van der Waals surface area contributed by atoms with Gasteiger partial charge in [0, 0.05) is 18.1 Å². The molecule has 12 heavy (non-hydrogen) atoms. The molecule has 0 radical (unpaired) electrons. The average Bonchev–Trinajstić information content (AvgIpc) is 2.17. The predicted octanol–water partition coefficient (Wildman–Crippen LogP) is 1.59. The van der Waals surface area contributed by atoms with E-state index in [-0.39, 0.29) is 12.5 Å². The van der Waals surface area contributed by atoms with E-state index in [2.05, 4.69) is 0 Å². The van der Waals surface area contributed by atoms with Gasteiger partial charge in [0.1, 0.15) is 6.29 Å². The van der Waals surface area contributed by atoms with E-state index >= 15 is 0 Å². The number of aliphatic hydroxyl groups excluding tert-OH is 1. The Hall–Kier alpha value is -1.15. The van der Waals surface area contributed by atoms with Gasteiger partial charge in [-0.15, -0.1) is 0 Å². The Morgan fingerprint density at radius 2 is 2.00 bits per heavy atom. The molecule has 0 aliphatic carbocycles. The highest BCUT2D eigenvalue weighted by Crippen LogP contribution is 2.14. The fraction of sp³-hybridized carbons (Fsp3) is 0.300.